The number of hydrogen-bond acceptors (Lipinski definition) is 4. The van der Waals surface area contributed by atoms with Crippen molar-refractivity contribution in [3.05, 3.63) is 0 Å². The van der Waals surface area contributed by atoms with Gasteiger partial charge in [-0.3, -0.25) is 9.79 Å². The SMILES string of the molecule is COC(=O)C[C@H](N)CCCN=C(N)N. The van der Waals surface area contributed by atoms with Crippen molar-refractivity contribution in [3.63, 3.8) is 0 Å². The second-order valence-electron chi connectivity index (χ2n) is 2.99. The average molecular weight is 202 g/mol. The van der Waals surface area contributed by atoms with Crippen LogP contribution >= 0.6 is 0 Å². The van der Waals surface area contributed by atoms with Crippen molar-refractivity contribution in [1.82, 2.24) is 0 Å². The van der Waals surface area contributed by atoms with E-state index in [1.165, 1.54) is 7.11 Å². The van der Waals surface area contributed by atoms with Crippen molar-refractivity contribution in [2.75, 3.05) is 13.7 Å². The summed E-state index contributed by atoms with van der Waals surface area (Å²) in [6, 6.07) is -0.184. The van der Waals surface area contributed by atoms with Gasteiger partial charge in [0.05, 0.1) is 13.5 Å². The van der Waals surface area contributed by atoms with Crippen LogP contribution in [0.1, 0.15) is 19.3 Å². The molecule has 0 spiro atoms. The predicted octanol–water partition coefficient (Wildman–Crippen LogP) is -1.07. The van der Waals surface area contributed by atoms with Crippen molar-refractivity contribution in [3.8, 4) is 0 Å². The third-order valence-corrected chi connectivity index (χ3v) is 1.68. The van der Waals surface area contributed by atoms with Crippen LogP contribution in [-0.4, -0.2) is 31.6 Å². The molecule has 0 aliphatic carbocycles. The van der Waals surface area contributed by atoms with Gasteiger partial charge in [-0.05, 0) is 12.8 Å². The first-order valence-electron chi connectivity index (χ1n) is 4.44. The highest BCUT2D eigenvalue weighted by atomic mass is 16.5. The summed E-state index contributed by atoms with van der Waals surface area (Å²) >= 11 is 0. The topological polar surface area (TPSA) is 117 Å². The second-order valence-corrected chi connectivity index (χ2v) is 2.99. The summed E-state index contributed by atoms with van der Waals surface area (Å²) in [7, 11) is 1.34. The van der Waals surface area contributed by atoms with Crippen molar-refractivity contribution in [1.29, 1.82) is 0 Å². The minimum absolute atomic E-state index is 0.0755. The third-order valence-electron chi connectivity index (χ3n) is 1.68. The van der Waals surface area contributed by atoms with E-state index in [1.807, 2.05) is 0 Å². The summed E-state index contributed by atoms with van der Waals surface area (Å²) in [5.74, 6) is -0.217. The fraction of sp³-hybridized carbons (Fsp3) is 0.750. The molecule has 0 bridgehead atoms. The molecule has 0 fully saturated rings. The van der Waals surface area contributed by atoms with Crippen LogP contribution in [0, 0.1) is 0 Å². The Morgan fingerprint density at radius 1 is 1.50 bits per heavy atom. The van der Waals surface area contributed by atoms with Crippen molar-refractivity contribution in [2.24, 2.45) is 22.2 Å². The highest BCUT2D eigenvalue weighted by Crippen LogP contribution is 2.00. The second kappa shape index (κ2) is 7.14. The minimum atomic E-state index is -0.292. The van der Waals surface area contributed by atoms with Gasteiger partial charge in [-0.1, -0.05) is 0 Å². The lowest BCUT2D eigenvalue weighted by Crippen LogP contribution is -2.25. The summed E-state index contributed by atoms with van der Waals surface area (Å²) in [6.45, 7) is 0.539. The van der Waals surface area contributed by atoms with Crippen LogP contribution < -0.4 is 17.2 Å². The van der Waals surface area contributed by atoms with Gasteiger partial charge in [0.1, 0.15) is 0 Å². The zero-order chi connectivity index (χ0) is 11.0. The number of methoxy groups -OCH3 is 1. The highest BCUT2D eigenvalue weighted by Gasteiger charge is 2.08. The molecule has 0 amide bonds. The normalized spacial score (nSPS) is 11.9. The van der Waals surface area contributed by atoms with Crippen LogP contribution in [0.4, 0.5) is 0 Å². The number of ether oxygens (including phenoxy) is 1. The largest absolute Gasteiger partial charge is 0.469 e. The number of carbonyl (C=O) groups is 1. The number of hydrogen-bond donors (Lipinski definition) is 3. The van der Waals surface area contributed by atoms with Crippen molar-refractivity contribution in [2.45, 2.75) is 25.3 Å². The lowest BCUT2D eigenvalue weighted by Gasteiger charge is -2.08. The third kappa shape index (κ3) is 7.35. The van der Waals surface area contributed by atoms with E-state index in [4.69, 9.17) is 17.2 Å². The van der Waals surface area contributed by atoms with Crippen LogP contribution in [0.2, 0.25) is 0 Å². The standard InChI is InChI=1S/C8H18N4O2/c1-14-7(13)5-6(9)3-2-4-12-8(10)11/h6H,2-5,9H2,1H3,(H4,10,11,12)/t6-/m1/s1. The molecule has 0 unspecified atom stereocenters. The Kier molecular flexibility index (Phi) is 6.47. The van der Waals surface area contributed by atoms with Crippen molar-refractivity contribution >= 4 is 11.9 Å². The molecule has 0 aromatic heterocycles. The predicted molar refractivity (Wildman–Crippen MR) is 54.5 cm³/mol. The molecule has 0 aromatic rings. The van der Waals surface area contributed by atoms with E-state index in [9.17, 15) is 4.79 Å². The lowest BCUT2D eigenvalue weighted by molar-refractivity contribution is -0.141. The Hall–Kier alpha value is -1.30. The molecule has 82 valence electrons. The summed E-state index contributed by atoms with van der Waals surface area (Å²) in [5, 5.41) is 0. The number of guanidine groups is 1. The molecule has 14 heavy (non-hydrogen) atoms. The molecule has 6 nitrogen and oxygen atoms in total. The van der Waals surface area contributed by atoms with Gasteiger partial charge in [-0.25, -0.2) is 0 Å². The number of esters is 1. The maximum Gasteiger partial charge on any atom is 0.307 e. The van der Waals surface area contributed by atoms with Gasteiger partial charge in [0.2, 0.25) is 0 Å². The van der Waals surface area contributed by atoms with Gasteiger partial charge in [0, 0.05) is 12.6 Å². The number of aliphatic imine (C=N–C) groups is 1. The first-order chi connectivity index (χ1) is 6.56. The molecule has 0 saturated carbocycles. The number of rotatable bonds is 6. The Morgan fingerprint density at radius 2 is 2.14 bits per heavy atom. The first kappa shape index (κ1) is 12.7. The summed E-state index contributed by atoms with van der Waals surface area (Å²) in [5.41, 5.74) is 15.9. The van der Waals surface area contributed by atoms with E-state index in [1.54, 1.807) is 0 Å². The summed E-state index contributed by atoms with van der Waals surface area (Å²) in [4.78, 5) is 14.6. The van der Waals surface area contributed by atoms with E-state index >= 15 is 0 Å². The molecule has 0 rings (SSSR count). The number of carbonyl (C=O) groups excluding carboxylic acids is 1. The first-order valence-corrected chi connectivity index (χ1v) is 4.44. The monoisotopic (exact) mass is 202 g/mol. The zero-order valence-electron chi connectivity index (χ0n) is 8.40. The molecular formula is C8H18N4O2. The molecule has 0 aliphatic rings. The maximum absolute atomic E-state index is 10.8. The highest BCUT2D eigenvalue weighted by molar-refractivity contribution is 5.75. The van der Waals surface area contributed by atoms with Crippen molar-refractivity contribution < 1.29 is 9.53 Å². The fourth-order valence-corrected chi connectivity index (χ4v) is 0.961. The molecule has 0 saturated heterocycles. The maximum atomic E-state index is 10.8. The van der Waals surface area contributed by atoms with Crippen LogP contribution in [0.5, 0.6) is 0 Å². The van der Waals surface area contributed by atoms with Gasteiger partial charge in [0.25, 0.3) is 0 Å². The Morgan fingerprint density at radius 3 is 2.64 bits per heavy atom. The molecule has 0 aliphatic heterocycles. The smallest absolute Gasteiger partial charge is 0.307 e. The lowest BCUT2D eigenvalue weighted by atomic mass is 10.1. The molecule has 0 radical (unpaired) electrons. The van der Waals surface area contributed by atoms with Crippen LogP contribution in [-0.2, 0) is 9.53 Å². The van der Waals surface area contributed by atoms with Gasteiger partial charge < -0.3 is 21.9 Å². The molecule has 6 N–H and O–H groups in total. The molecule has 6 heteroatoms. The van der Waals surface area contributed by atoms with Crippen LogP contribution in [0.25, 0.3) is 0 Å². The Bertz CT molecular complexity index is 202. The summed E-state index contributed by atoms with van der Waals surface area (Å²) in [6.07, 6.45) is 1.69. The van der Waals surface area contributed by atoms with Gasteiger partial charge in [0.15, 0.2) is 5.96 Å². The molecular weight excluding hydrogens is 184 g/mol. The van der Waals surface area contributed by atoms with Crippen LogP contribution in [0.3, 0.4) is 0 Å². The van der Waals surface area contributed by atoms with E-state index in [2.05, 4.69) is 9.73 Å². The van der Waals surface area contributed by atoms with E-state index in [0.717, 1.165) is 6.42 Å². The fourth-order valence-electron chi connectivity index (χ4n) is 0.961. The van der Waals surface area contributed by atoms with Gasteiger partial charge in [-0.2, -0.15) is 0 Å². The van der Waals surface area contributed by atoms with Crippen LogP contribution in [0.15, 0.2) is 4.99 Å². The summed E-state index contributed by atoms with van der Waals surface area (Å²) < 4.78 is 4.48. The Labute approximate surface area is 83.5 Å². The van der Waals surface area contributed by atoms with Gasteiger partial charge in [-0.15, -0.1) is 0 Å². The Balaban J connectivity index is 3.49. The van der Waals surface area contributed by atoms with E-state index < -0.39 is 0 Å². The molecule has 0 heterocycles. The van der Waals surface area contributed by atoms with E-state index in [0.29, 0.717) is 13.0 Å². The molecule has 1 atom stereocenters. The van der Waals surface area contributed by atoms with Gasteiger partial charge >= 0.3 is 5.97 Å². The number of nitrogens with zero attached hydrogens (tertiary/aromatic N) is 1. The molecule has 0 aromatic carbocycles. The minimum Gasteiger partial charge on any atom is -0.469 e. The van der Waals surface area contributed by atoms with E-state index in [-0.39, 0.29) is 24.4 Å². The zero-order valence-corrected chi connectivity index (χ0v) is 8.40. The average Bonchev–Trinajstić information content (AvgIpc) is 2.12. The number of nitrogens with two attached hydrogens (primary N) is 3. The quantitative estimate of drug-likeness (QED) is 0.219.